The molecule has 3 rings (SSSR count). The van der Waals surface area contributed by atoms with Crippen molar-refractivity contribution in [3.63, 3.8) is 0 Å². The molecular formula is C22H26N4O5S. The molecule has 0 radical (unpaired) electrons. The Hall–Kier alpha value is -3.24. The maximum atomic E-state index is 12.2. The van der Waals surface area contributed by atoms with E-state index in [0.29, 0.717) is 29.6 Å². The molecule has 2 aromatic carbocycles. The van der Waals surface area contributed by atoms with Gasteiger partial charge in [0.05, 0.1) is 4.90 Å². The number of hydrogen-bond acceptors (Lipinski definition) is 7. The highest BCUT2D eigenvalue weighted by Gasteiger charge is 2.17. The van der Waals surface area contributed by atoms with Gasteiger partial charge in [-0.2, -0.15) is 4.98 Å². The molecule has 10 heteroatoms. The Bertz CT molecular complexity index is 1150. The lowest BCUT2D eigenvalue weighted by Crippen LogP contribution is -2.22. The third-order valence-electron chi connectivity index (χ3n) is 4.55. The summed E-state index contributed by atoms with van der Waals surface area (Å²) in [4.78, 5) is 16.7. The van der Waals surface area contributed by atoms with E-state index in [1.165, 1.54) is 38.4 Å². The van der Waals surface area contributed by atoms with Gasteiger partial charge >= 0.3 is 0 Å². The van der Waals surface area contributed by atoms with Gasteiger partial charge in [-0.15, -0.1) is 0 Å². The first-order valence-electron chi connectivity index (χ1n) is 10.0. The third-order valence-corrected chi connectivity index (χ3v) is 6.38. The standard InChI is InChI=1S/C22H26N4O5S/c1-15(2)22-24-20(25-31-22)13-16-5-7-17(8-6-16)23-21(27)14-30-18-9-11-19(12-10-18)32(28,29)26(3)4/h5-12,15H,13-14H2,1-4H3,(H,23,27). The van der Waals surface area contributed by atoms with Crippen LogP contribution in [-0.2, 0) is 21.2 Å². The molecule has 0 fully saturated rings. The number of aromatic nitrogens is 2. The van der Waals surface area contributed by atoms with Crippen molar-refractivity contribution in [1.82, 2.24) is 14.4 Å². The topological polar surface area (TPSA) is 115 Å². The third kappa shape index (κ3) is 5.92. The number of amides is 1. The van der Waals surface area contributed by atoms with Crippen molar-refractivity contribution in [1.29, 1.82) is 0 Å². The lowest BCUT2D eigenvalue weighted by atomic mass is 10.1. The summed E-state index contributed by atoms with van der Waals surface area (Å²) < 4.78 is 35.9. The highest BCUT2D eigenvalue weighted by molar-refractivity contribution is 7.89. The average molecular weight is 459 g/mol. The van der Waals surface area contributed by atoms with Gasteiger partial charge in [0.25, 0.3) is 5.91 Å². The molecule has 9 nitrogen and oxygen atoms in total. The van der Waals surface area contributed by atoms with Crippen LogP contribution in [0.4, 0.5) is 5.69 Å². The van der Waals surface area contributed by atoms with Crippen molar-refractivity contribution in [3.8, 4) is 5.75 Å². The van der Waals surface area contributed by atoms with Crippen LogP contribution in [0.2, 0.25) is 0 Å². The molecule has 0 aliphatic carbocycles. The number of nitrogens with zero attached hydrogens (tertiary/aromatic N) is 3. The Balaban J connectivity index is 1.50. The minimum atomic E-state index is -3.51. The summed E-state index contributed by atoms with van der Waals surface area (Å²) in [6.45, 7) is 3.77. The smallest absolute Gasteiger partial charge is 0.262 e. The van der Waals surface area contributed by atoms with Crippen LogP contribution in [-0.4, -0.2) is 49.5 Å². The molecule has 0 bridgehead atoms. The second kappa shape index (κ2) is 9.92. The molecule has 0 saturated heterocycles. The number of nitrogens with one attached hydrogen (secondary N) is 1. The van der Waals surface area contributed by atoms with Crippen molar-refractivity contribution in [3.05, 3.63) is 65.8 Å². The zero-order valence-corrected chi connectivity index (χ0v) is 19.2. The van der Waals surface area contributed by atoms with Gasteiger partial charge in [-0.25, -0.2) is 12.7 Å². The number of carbonyl (C=O) groups excluding carboxylic acids is 1. The summed E-state index contributed by atoms with van der Waals surface area (Å²) in [5.41, 5.74) is 1.62. The Morgan fingerprint density at radius 2 is 1.75 bits per heavy atom. The van der Waals surface area contributed by atoms with E-state index in [4.69, 9.17) is 9.26 Å². The van der Waals surface area contributed by atoms with E-state index in [1.54, 1.807) is 12.1 Å². The highest BCUT2D eigenvalue weighted by Crippen LogP contribution is 2.19. The second-order valence-electron chi connectivity index (χ2n) is 7.67. The number of carbonyl (C=O) groups is 1. The number of sulfonamides is 1. The molecule has 0 aliphatic rings. The summed E-state index contributed by atoms with van der Waals surface area (Å²) in [6.07, 6.45) is 0.535. The van der Waals surface area contributed by atoms with E-state index in [-0.39, 0.29) is 23.3 Å². The number of rotatable bonds is 9. The van der Waals surface area contributed by atoms with Crippen LogP contribution in [0, 0.1) is 0 Å². The summed E-state index contributed by atoms with van der Waals surface area (Å²) in [7, 11) is -0.581. The molecule has 32 heavy (non-hydrogen) atoms. The highest BCUT2D eigenvalue weighted by atomic mass is 32.2. The molecular weight excluding hydrogens is 432 g/mol. The number of benzene rings is 2. The predicted molar refractivity (Wildman–Crippen MR) is 119 cm³/mol. The normalized spacial score (nSPS) is 11.7. The Morgan fingerprint density at radius 3 is 2.31 bits per heavy atom. The van der Waals surface area contributed by atoms with Crippen molar-refractivity contribution < 1.29 is 22.5 Å². The van der Waals surface area contributed by atoms with Gasteiger partial charge in [0.1, 0.15) is 5.75 Å². The fraction of sp³-hybridized carbons (Fsp3) is 0.318. The lowest BCUT2D eigenvalue weighted by molar-refractivity contribution is -0.118. The maximum absolute atomic E-state index is 12.2. The summed E-state index contributed by atoms with van der Waals surface area (Å²) in [5, 5.41) is 6.73. The molecule has 0 aliphatic heterocycles. The SMILES string of the molecule is CC(C)c1nc(Cc2ccc(NC(=O)COc3ccc(S(=O)(=O)N(C)C)cc3)cc2)no1. The number of anilines is 1. The van der Waals surface area contributed by atoms with Gasteiger partial charge in [0.2, 0.25) is 15.9 Å². The molecule has 1 N–H and O–H groups in total. The van der Waals surface area contributed by atoms with Crippen LogP contribution in [0.25, 0.3) is 0 Å². The minimum Gasteiger partial charge on any atom is -0.484 e. The Labute approximate surface area is 187 Å². The first-order chi connectivity index (χ1) is 15.1. The van der Waals surface area contributed by atoms with Gasteiger partial charge in [0, 0.05) is 32.1 Å². The monoisotopic (exact) mass is 458 g/mol. The van der Waals surface area contributed by atoms with E-state index in [0.717, 1.165) is 9.87 Å². The van der Waals surface area contributed by atoms with E-state index in [2.05, 4.69) is 15.5 Å². The van der Waals surface area contributed by atoms with Gasteiger partial charge in [-0.05, 0) is 42.0 Å². The van der Waals surface area contributed by atoms with Crippen LogP contribution >= 0.6 is 0 Å². The Kier molecular flexibility index (Phi) is 7.26. The number of hydrogen-bond donors (Lipinski definition) is 1. The van der Waals surface area contributed by atoms with Crippen LogP contribution in [0.3, 0.4) is 0 Å². The van der Waals surface area contributed by atoms with Crippen molar-refractivity contribution >= 4 is 21.6 Å². The van der Waals surface area contributed by atoms with Gasteiger partial charge in [-0.3, -0.25) is 4.79 Å². The molecule has 0 saturated carbocycles. The fourth-order valence-corrected chi connectivity index (χ4v) is 3.63. The van der Waals surface area contributed by atoms with Gasteiger partial charge in [0.15, 0.2) is 12.4 Å². The second-order valence-corrected chi connectivity index (χ2v) is 9.82. The minimum absolute atomic E-state index is 0.153. The Morgan fingerprint density at radius 1 is 1.09 bits per heavy atom. The van der Waals surface area contributed by atoms with E-state index in [1.807, 2.05) is 26.0 Å². The fourth-order valence-electron chi connectivity index (χ4n) is 2.73. The summed E-state index contributed by atoms with van der Waals surface area (Å²) >= 11 is 0. The van der Waals surface area contributed by atoms with Crippen LogP contribution in [0.1, 0.15) is 37.0 Å². The molecule has 0 atom stereocenters. The quantitative estimate of drug-likeness (QED) is 0.524. The predicted octanol–water partition coefficient (Wildman–Crippen LogP) is 3.05. The van der Waals surface area contributed by atoms with E-state index >= 15 is 0 Å². The van der Waals surface area contributed by atoms with Crippen LogP contribution in [0.15, 0.2) is 57.9 Å². The van der Waals surface area contributed by atoms with E-state index in [9.17, 15) is 13.2 Å². The summed E-state index contributed by atoms with van der Waals surface area (Å²) in [5.74, 6) is 1.47. The maximum Gasteiger partial charge on any atom is 0.262 e. The molecule has 0 unspecified atom stereocenters. The van der Waals surface area contributed by atoms with Crippen molar-refractivity contribution in [2.75, 3.05) is 26.0 Å². The lowest BCUT2D eigenvalue weighted by Gasteiger charge is -2.12. The molecule has 170 valence electrons. The first-order valence-corrected chi connectivity index (χ1v) is 11.5. The van der Waals surface area contributed by atoms with Crippen molar-refractivity contribution in [2.45, 2.75) is 31.1 Å². The zero-order chi connectivity index (χ0) is 23.3. The zero-order valence-electron chi connectivity index (χ0n) is 18.4. The molecule has 3 aromatic rings. The van der Waals surface area contributed by atoms with E-state index < -0.39 is 10.0 Å². The van der Waals surface area contributed by atoms with Crippen molar-refractivity contribution in [2.24, 2.45) is 0 Å². The molecule has 1 aromatic heterocycles. The largest absolute Gasteiger partial charge is 0.484 e. The van der Waals surface area contributed by atoms with Crippen LogP contribution < -0.4 is 10.1 Å². The average Bonchev–Trinajstić information content (AvgIpc) is 3.23. The molecule has 1 amide bonds. The molecule has 0 spiro atoms. The molecule has 1 heterocycles. The first kappa shape index (κ1) is 23.4. The van der Waals surface area contributed by atoms with Crippen LogP contribution in [0.5, 0.6) is 5.75 Å². The van der Waals surface area contributed by atoms with Gasteiger partial charge < -0.3 is 14.6 Å². The van der Waals surface area contributed by atoms with Gasteiger partial charge in [-0.1, -0.05) is 31.1 Å². The number of ether oxygens (including phenoxy) is 1. The summed E-state index contributed by atoms with van der Waals surface area (Å²) in [6, 6.07) is 13.2.